The first-order valence-electron chi connectivity index (χ1n) is 19.9. The van der Waals surface area contributed by atoms with Crippen LogP contribution in [0.1, 0.15) is 22.3 Å². The van der Waals surface area contributed by atoms with Crippen molar-refractivity contribution in [2.24, 2.45) is 0 Å². The highest BCUT2D eigenvalue weighted by Gasteiger charge is 2.15. The molecule has 0 aliphatic heterocycles. The maximum Gasteiger partial charge on any atom is 0.0450 e. The van der Waals surface area contributed by atoms with E-state index in [1.807, 2.05) is 23.5 Å². The molecule has 7 aromatic rings. The summed E-state index contributed by atoms with van der Waals surface area (Å²) < 4.78 is 0. The first-order chi connectivity index (χ1) is 27.0. The van der Waals surface area contributed by atoms with Crippen LogP contribution in [0, 0.1) is 0 Å². The third-order valence-corrected chi connectivity index (χ3v) is 16.4. The Kier molecular flexibility index (Phi) is 12.7. The molecular formula is C52H54S2Si2. The molecule has 0 saturated heterocycles. The average Bonchev–Trinajstić information content (AvgIpc) is 3.18. The zero-order valence-corrected chi connectivity index (χ0v) is 37.4. The lowest BCUT2D eigenvalue weighted by molar-refractivity contribution is 1.36. The van der Waals surface area contributed by atoms with Gasteiger partial charge in [-0.25, -0.2) is 0 Å². The van der Waals surface area contributed by atoms with Crippen molar-refractivity contribution in [2.75, 3.05) is 11.5 Å². The lowest BCUT2D eigenvalue weighted by Crippen LogP contribution is -2.19. The summed E-state index contributed by atoms with van der Waals surface area (Å²) in [7, 11) is -2.11. The van der Waals surface area contributed by atoms with E-state index >= 15 is 0 Å². The summed E-state index contributed by atoms with van der Waals surface area (Å²) in [6.45, 7) is 14.8. The summed E-state index contributed by atoms with van der Waals surface area (Å²) in [5.74, 6) is 2.39. The first kappa shape index (κ1) is 39.9. The van der Waals surface area contributed by atoms with Gasteiger partial charge in [0.15, 0.2) is 0 Å². The molecular weight excluding hydrogens is 745 g/mol. The molecule has 0 heterocycles. The summed E-state index contributed by atoms with van der Waals surface area (Å²) in [4.78, 5) is 2.72. The Morgan fingerprint density at radius 3 is 1.16 bits per heavy atom. The normalized spacial score (nSPS) is 12.4. The van der Waals surface area contributed by atoms with Gasteiger partial charge in [0.1, 0.15) is 0 Å². The van der Waals surface area contributed by atoms with Crippen LogP contribution in [0.25, 0.3) is 68.1 Å². The van der Waals surface area contributed by atoms with Gasteiger partial charge in [-0.1, -0.05) is 161 Å². The molecule has 0 nitrogen and oxygen atoms in total. The van der Waals surface area contributed by atoms with Crippen molar-refractivity contribution in [2.45, 2.75) is 61.2 Å². The highest BCUT2D eigenvalue weighted by atomic mass is 32.2. The van der Waals surface area contributed by atoms with Crippen LogP contribution in [0.2, 0.25) is 51.4 Å². The molecule has 0 atom stereocenters. The summed E-state index contributed by atoms with van der Waals surface area (Å²) in [5.41, 5.74) is 9.69. The van der Waals surface area contributed by atoms with E-state index in [1.54, 1.807) is 0 Å². The van der Waals surface area contributed by atoms with Crippen LogP contribution in [0.4, 0.5) is 0 Å². The molecule has 0 N–H and O–H groups in total. The van der Waals surface area contributed by atoms with Crippen molar-refractivity contribution in [3.8, 4) is 22.3 Å². The highest BCUT2D eigenvalue weighted by molar-refractivity contribution is 7.99. The predicted molar refractivity (Wildman–Crippen MR) is 261 cm³/mol. The lowest BCUT2D eigenvalue weighted by Gasteiger charge is -2.16. The van der Waals surface area contributed by atoms with Crippen LogP contribution in [-0.4, -0.2) is 27.7 Å². The van der Waals surface area contributed by atoms with Crippen LogP contribution < -0.4 is 0 Å². The summed E-state index contributed by atoms with van der Waals surface area (Å²) >= 11 is 4.00. The molecule has 282 valence electrons. The molecule has 0 fully saturated rings. The molecule has 0 aliphatic carbocycles. The Morgan fingerprint density at radius 2 is 0.768 bits per heavy atom. The van der Waals surface area contributed by atoms with E-state index in [9.17, 15) is 0 Å². The minimum absolute atomic E-state index is 1.05. The van der Waals surface area contributed by atoms with Gasteiger partial charge >= 0.3 is 0 Å². The van der Waals surface area contributed by atoms with Crippen molar-refractivity contribution in [3.05, 3.63) is 168 Å². The highest BCUT2D eigenvalue weighted by Crippen LogP contribution is 2.38. The monoisotopic (exact) mass is 798 g/mol. The third kappa shape index (κ3) is 10.9. The van der Waals surface area contributed by atoms with Crippen LogP contribution in [0.15, 0.2) is 155 Å². The maximum atomic E-state index is 2.46. The van der Waals surface area contributed by atoms with Crippen molar-refractivity contribution in [1.82, 2.24) is 0 Å². The van der Waals surface area contributed by atoms with Crippen molar-refractivity contribution < 1.29 is 0 Å². The number of benzene rings is 7. The molecule has 0 saturated carbocycles. The van der Waals surface area contributed by atoms with Gasteiger partial charge < -0.3 is 0 Å². The quantitative estimate of drug-likeness (QED) is 0.0611. The Balaban J connectivity index is 1.31. The molecule has 0 aromatic heterocycles. The number of hydrogen-bond donors (Lipinski definition) is 0. The molecule has 0 spiro atoms. The molecule has 0 bridgehead atoms. The first-order valence-corrected chi connectivity index (χ1v) is 29.3. The summed E-state index contributed by atoms with van der Waals surface area (Å²) in [6.07, 6.45) is 9.09. The van der Waals surface area contributed by atoms with Gasteiger partial charge in [0.2, 0.25) is 0 Å². The molecule has 56 heavy (non-hydrogen) atoms. The third-order valence-electron chi connectivity index (χ3n) is 10.2. The lowest BCUT2D eigenvalue weighted by atomic mass is 9.88. The van der Waals surface area contributed by atoms with E-state index in [2.05, 4.69) is 209 Å². The second-order valence-corrected chi connectivity index (χ2v) is 30.9. The molecule has 0 amide bonds. The minimum Gasteiger partial charge on any atom is -0.126 e. The van der Waals surface area contributed by atoms with Crippen molar-refractivity contribution in [3.63, 3.8) is 0 Å². The smallest absolute Gasteiger partial charge is 0.0450 e. The van der Waals surface area contributed by atoms with Crippen molar-refractivity contribution in [1.29, 1.82) is 0 Å². The van der Waals surface area contributed by atoms with Crippen molar-refractivity contribution >= 4 is 85.5 Å². The standard InChI is InChI=1S/C52H54S2Si2/c1-55(2,3)31-29-53-49-27-25-41-33-45(23-21-43(41)35-49)51-37-48(20-18-40-15-11-8-12-16-40)52(38-47(51)19-17-39-13-9-7-10-14-39)46-24-22-44-36-50(28-26-42(44)34-46)54-30-32-56(4,5)6/h7-28,33-38H,29-32H2,1-6H3/b19-17+,20-18+. The zero-order chi connectivity index (χ0) is 39.1. The maximum absolute atomic E-state index is 2.46. The van der Waals surface area contributed by atoms with Crippen LogP contribution in [0.5, 0.6) is 0 Å². The van der Waals surface area contributed by atoms with Gasteiger partial charge in [-0.05, 0) is 138 Å². The van der Waals surface area contributed by atoms with Crippen LogP contribution in [-0.2, 0) is 0 Å². The van der Waals surface area contributed by atoms with E-state index in [0.29, 0.717) is 0 Å². The van der Waals surface area contributed by atoms with E-state index < -0.39 is 16.1 Å². The van der Waals surface area contributed by atoms with E-state index in [4.69, 9.17) is 0 Å². The fourth-order valence-corrected chi connectivity index (χ4v) is 13.8. The second kappa shape index (κ2) is 17.9. The molecule has 7 aromatic carbocycles. The number of hydrogen-bond acceptors (Lipinski definition) is 2. The Labute approximate surface area is 346 Å². The average molecular weight is 799 g/mol. The van der Waals surface area contributed by atoms with Crippen LogP contribution >= 0.6 is 23.5 Å². The largest absolute Gasteiger partial charge is 0.126 e. The molecule has 0 aliphatic rings. The molecule has 4 heteroatoms. The van der Waals surface area contributed by atoms with Gasteiger partial charge in [0.05, 0.1) is 0 Å². The van der Waals surface area contributed by atoms with E-state index in [1.165, 1.54) is 99.4 Å². The van der Waals surface area contributed by atoms with Gasteiger partial charge in [0, 0.05) is 25.9 Å². The molecule has 7 rings (SSSR count). The second-order valence-electron chi connectivity index (χ2n) is 17.3. The van der Waals surface area contributed by atoms with E-state index in [0.717, 1.165) is 0 Å². The Hall–Kier alpha value is -4.33. The molecule has 0 radical (unpaired) electrons. The Bertz CT molecular complexity index is 2310. The number of thioether (sulfide) groups is 2. The summed E-state index contributed by atoms with van der Waals surface area (Å²) in [5, 5.41) is 5.13. The Morgan fingerprint density at radius 1 is 0.393 bits per heavy atom. The van der Waals surface area contributed by atoms with Crippen LogP contribution in [0.3, 0.4) is 0 Å². The van der Waals surface area contributed by atoms with Gasteiger partial charge in [0.25, 0.3) is 0 Å². The van der Waals surface area contributed by atoms with Gasteiger partial charge in [-0.2, -0.15) is 0 Å². The zero-order valence-electron chi connectivity index (χ0n) is 33.8. The predicted octanol–water partition coefficient (Wildman–Crippen LogP) is 16.5. The fraction of sp³-hybridized carbons (Fsp3) is 0.192. The molecule has 0 unspecified atom stereocenters. The topological polar surface area (TPSA) is 0 Å². The van der Waals surface area contributed by atoms with Gasteiger partial charge in [-0.15, -0.1) is 23.5 Å². The minimum atomic E-state index is -1.05. The number of fused-ring (bicyclic) bond motifs is 2. The SMILES string of the molecule is C[Si](C)(C)CCSc1ccc2cc(-c3cc(/C=C/c4ccccc4)c(-c4ccc5cc(SCC[Si](C)(C)C)ccc5c4)cc3/C=C/c3ccccc3)ccc2c1. The van der Waals surface area contributed by atoms with Gasteiger partial charge in [-0.3, -0.25) is 0 Å². The number of rotatable bonds is 14. The van der Waals surface area contributed by atoms with E-state index in [-0.39, 0.29) is 0 Å². The summed E-state index contributed by atoms with van der Waals surface area (Å²) in [6, 6.07) is 56.7. The fourth-order valence-electron chi connectivity index (χ4n) is 6.82.